The Morgan fingerprint density at radius 1 is 1.47 bits per heavy atom. The number of nitrogens with one attached hydrogen (secondary N) is 1. The standard InChI is InChI=1S/C10H18N4S/c1-2-9-13-10(15-14-9)12-8-6-4-3-5-7(8)11/h7-8H,2-6,11H2,1H3,(H,12,13,14)/t7-,8-/m1/s1. The van der Waals surface area contributed by atoms with E-state index in [0.29, 0.717) is 6.04 Å². The molecule has 4 nitrogen and oxygen atoms in total. The number of hydrogen-bond donors (Lipinski definition) is 2. The Balaban J connectivity index is 1.95. The number of aromatic nitrogens is 2. The van der Waals surface area contributed by atoms with E-state index in [9.17, 15) is 0 Å². The first-order chi connectivity index (χ1) is 7.29. The molecule has 1 aromatic heterocycles. The molecular formula is C10H18N4S. The van der Waals surface area contributed by atoms with Gasteiger partial charge in [0, 0.05) is 30.0 Å². The third kappa shape index (κ3) is 2.66. The number of aryl methyl sites for hydroxylation is 1. The molecule has 0 amide bonds. The van der Waals surface area contributed by atoms with Crippen LogP contribution in [0.5, 0.6) is 0 Å². The van der Waals surface area contributed by atoms with Crippen molar-refractivity contribution in [2.45, 2.75) is 51.1 Å². The van der Waals surface area contributed by atoms with Crippen molar-refractivity contribution < 1.29 is 0 Å². The molecule has 0 radical (unpaired) electrons. The predicted molar refractivity (Wildman–Crippen MR) is 63.1 cm³/mol. The van der Waals surface area contributed by atoms with Crippen LogP contribution in [0.4, 0.5) is 5.13 Å². The quantitative estimate of drug-likeness (QED) is 0.824. The van der Waals surface area contributed by atoms with E-state index < -0.39 is 0 Å². The average molecular weight is 226 g/mol. The van der Waals surface area contributed by atoms with Crippen molar-refractivity contribution in [1.29, 1.82) is 0 Å². The molecule has 1 saturated carbocycles. The Morgan fingerprint density at radius 2 is 2.27 bits per heavy atom. The zero-order chi connectivity index (χ0) is 10.7. The van der Waals surface area contributed by atoms with Gasteiger partial charge in [0.1, 0.15) is 5.82 Å². The van der Waals surface area contributed by atoms with Crippen molar-refractivity contribution in [3.05, 3.63) is 5.82 Å². The predicted octanol–water partition coefficient (Wildman–Crippen LogP) is 1.78. The van der Waals surface area contributed by atoms with Crippen molar-refractivity contribution in [3.63, 3.8) is 0 Å². The van der Waals surface area contributed by atoms with E-state index in [-0.39, 0.29) is 6.04 Å². The van der Waals surface area contributed by atoms with Crippen LogP contribution in [0.2, 0.25) is 0 Å². The molecule has 0 saturated heterocycles. The van der Waals surface area contributed by atoms with E-state index in [2.05, 4.69) is 21.6 Å². The Hall–Kier alpha value is -0.680. The minimum Gasteiger partial charge on any atom is -0.356 e. The maximum Gasteiger partial charge on any atom is 0.202 e. The molecule has 0 spiro atoms. The summed E-state index contributed by atoms with van der Waals surface area (Å²) in [6, 6.07) is 0.657. The topological polar surface area (TPSA) is 63.8 Å². The van der Waals surface area contributed by atoms with Gasteiger partial charge in [0.05, 0.1) is 0 Å². The number of nitrogens with zero attached hydrogens (tertiary/aromatic N) is 2. The van der Waals surface area contributed by atoms with E-state index >= 15 is 0 Å². The van der Waals surface area contributed by atoms with Crippen molar-refractivity contribution in [2.75, 3.05) is 5.32 Å². The minimum atomic E-state index is 0.271. The fourth-order valence-corrected chi connectivity index (χ4v) is 2.67. The largest absolute Gasteiger partial charge is 0.356 e. The first-order valence-electron chi connectivity index (χ1n) is 5.64. The minimum absolute atomic E-state index is 0.271. The van der Waals surface area contributed by atoms with Gasteiger partial charge in [-0.05, 0) is 12.8 Å². The number of nitrogens with two attached hydrogens (primary N) is 1. The van der Waals surface area contributed by atoms with Gasteiger partial charge in [0.25, 0.3) is 0 Å². The Kier molecular flexibility index (Phi) is 3.53. The molecule has 2 rings (SSSR count). The second-order valence-corrected chi connectivity index (χ2v) is 4.82. The van der Waals surface area contributed by atoms with Crippen molar-refractivity contribution in [3.8, 4) is 0 Å². The molecule has 0 bridgehead atoms. The van der Waals surface area contributed by atoms with Gasteiger partial charge in [-0.1, -0.05) is 19.8 Å². The molecule has 0 aromatic carbocycles. The summed E-state index contributed by atoms with van der Waals surface area (Å²) < 4.78 is 4.25. The molecule has 5 heteroatoms. The molecule has 84 valence electrons. The van der Waals surface area contributed by atoms with Crippen molar-refractivity contribution in [1.82, 2.24) is 9.36 Å². The van der Waals surface area contributed by atoms with Crippen LogP contribution >= 0.6 is 11.5 Å². The van der Waals surface area contributed by atoms with Gasteiger partial charge in [-0.3, -0.25) is 0 Å². The van der Waals surface area contributed by atoms with Gasteiger partial charge in [0.15, 0.2) is 0 Å². The van der Waals surface area contributed by atoms with Crippen LogP contribution in [0.3, 0.4) is 0 Å². The lowest BCUT2D eigenvalue weighted by molar-refractivity contribution is 0.404. The van der Waals surface area contributed by atoms with Gasteiger partial charge in [-0.2, -0.15) is 4.37 Å². The van der Waals surface area contributed by atoms with E-state index in [1.165, 1.54) is 24.4 Å². The Bertz CT molecular complexity index is 312. The highest BCUT2D eigenvalue weighted by molar-refractivity contribution is 7.09. The SMILES string of the molecule is CCc1nsc(N[C@@H]2CCCC[C@H]2N)n1. The van der Waals surface area contributed by atoms with Gasteiger partial charge in [0.2, 0.25) is 5.13 Å². The molecule has 1 aliphatic rings. The number of rotatable bonds is 3. The van der Waals surface area contributed by atoms with Crippen LogP contribution in [0.25, 0.3) is 0 Å². The lowest BCUT2D eigenvalue weighted by Gasteiger charge is -2.28. The van der Waals surface area contributed by atoms with Crippen molar-refractivity contribution >= 4 is 16.7 Å². The highest BCUT2D eigenvalue weighted by Gasteiger charge is 2.22. The van der Waals surface area contributed by atoms with Gasteiger partial charge in [-0.25, -0.2) is 4.98 Å². The molecule has 1 heterocycles. The molecule has 1 aliphatic carbocycles. The number of hydrogen-bond acceptors (Lipinski definition) is 5. The van der Waals surface area contributed by atoms with E-state index in [1.807, 2.05) is 0 Å². The lowest BCUT2D eigenvalue weighted by atomic mass is 9.91. The highest BCUT2D eigenvalue weighted by Crippen LogP contribution is 2.22. The first kappa shape index (κ1) is 10.8. The zero-order valence-corrected chi connectivity index (χ0v) is 9.89. The Morgan fingerprint density at radius 3 is 2.93 bits per heavy atom. The monoisotopic (exact) mass is 226 g/mol. The van der Waals surface area contributed by atoms with E-state index in [4.69, 9.17) is 5.73 Å². The van der Waals surface area contributed by atoms with Crippen LogP contribution in [0, 0.1) is 0 Å². The summed E-state index contributed by atoms with van der Waals surface area (Å²) in [7, 11) is 0. The van der Waals surface area contributed by atoms with Gasteiger partial charge in [-0.15, -0.1) is 0 Å². The molecule has 15 heavy (non-hydrogen) atoms. The summed E-state index contributed by atoms with van der Waals surface area (Å²) in [5.74, 6) is 0.923. The maximum absolute atomic E-state index is 6.06. The second-order valence-electron chi connectivity index (χ2n) is 4.07. The van der Waals surface area contributed by atoms with Gasteiger partial charge >= 0.3 is 0 Å². The summed E-state index contributed by atoms with van der Waals surface area (Å²) in [5.41, 5.74) is 6.06. The van der Waals surface area contributed by atoms with E-state index in [1.54, 1.807) is 0 Å². The molecule has 1 fully saturated rings. The second kappa shape index (κ2) is 4.90. The van der Waals surface area contributed by atoms with Crippen LogP contribution in [0.15, 0.2) is 0 Å². The van der Waals surface area contributed by atoms with Gasteiger partial charge < -0.3 is 11.1 Å². The summed E-state index contributed by atoms with van der Waals surface area (Å²) in [5, 5.41) is 4.33. The fraction of sp³-hybridized carbons (Fsp3) is 0.800. The normalized spacial score (nSPS) is 26.5. The van der Waals surface area contributed by atoms with E-state index in [0.717, 1.165) is 30.2 Å². The molecule has 0 unspecified atom stereocenters. The number of anilines is 1. The maximum atomic E-state index is 6.06. The average Bonchev–Trinajstić information content (AvgIpc) is 2.69. The first-order valence-corrected chi connectivity index (χ1v) is 6.41. The fourth-order valence-electron chi connectivity index (χ4n) is 1.95. The molecular weight excluding hydrogens is 208 g/mol. The third-order valence-corrected chi connectivity index (χ3v) is 3.60. The zero-order valence-electron chi connectivity index (χ0n) is 9.07. The molecule has 1 aromatic rings. The summed E-state index contributed by atoms with van der Waals surface area (Å²) >= 11 is 1.44. The summed E-state index contributed by atoms with van der Waals surface area (Å²) in [6.07, 6.45) is 5.70. The molecule has 0 aliphatic heterocycles. The molecule has 3 N–H and O–H groups in total. The van der Waals surface area contributed by atoms with Crippen molar-refractivity contribution in [2.24, 2.45) is 5.73 Å². The van der Waals surface area contributed by atoms with Crippen LogP contribution in [-0.4, -0.2) is 21.4 Å². The lowest BCUT2D eigenvalue weighted by Crippen LogP contribution is -2.42. The van der Waals surface area contributed by atoms with Crippen LogP contribution in [-0.2, 0) is 6.42 Å². The summed E-state index contributed by atoms with van der Waals surface area (Å²) in [4.78, 5) is 4.40. The Labute approximate surface area is 94.5 Å². The molecule has 2 atom stereocenters. The summed E-state index contributed by atoms with van der Waals surface area (Å²) in [6.45, 7) is 2.07. The van der Waals surface area contributed by atoms with Crippen LogP contribution < -0.4 is 11.1 Å². The van der Waals surface area contributed by atoms with Crippen LogP contribution in [0.1, 0.15) is 38.4 Å². The highest BCUT2D eigenvalue weighted by atomic mass is 32.1. The smallest absolute Gasteiger partial charge is 0.202 e. The third-order valence-electron chi connectivity index (χ3n) is 2.91.